The summed E-state index contributed by atoms with van der Waals surface area (Å²) in [5, 5.41) is 3.18. The number of para-hydroxylation sites is 2. The van der Waals surface area contributed by atoms with Gasteiger partial charge in [-0.25, -0.2) is 8.42 Å². The summed E-state index contributed by atoms with van der Waals surface area (Å²) in [7, 11) is -2.56. The van der Waals surface area contributed by atoms with E-state index in [1.807, 2.05) is 6.92 Å². The molecule has 0 aliphatic rings. The minimum absolute atomic E-state index is 0.0239. The Labute approximate surface area is 192 Å². The lowest BCUT2D eigenvalue weighted by atomic mass is 10.3. The van der Waals surface area contributed by atoms with Crippen LogP contribution in [0.5, 0.6) is 11.5 Å². The number of benzene rings is 3. The fraction of sp³-hybridized carbons (Fsp3) is 0.174. The van der Waals surface area contributed by atoms with Gasteiger partial charge in [0, 0.05) is 5.02 Å². The Hall–Kier alpha value is -3.23. The largest absolute Gasteiger partial charge is 0.497 e. The van der Waals surface area contributed by atoms with Crippen LogP contribution in [-0.4, -0.2) is 34.6 Å². The van der Waals surface area contributed by atoms with Crippen LogP contribution < -0.4 is 19.1 Å². The lowest BCUT2D eigenvalue weighted by Gasteiger charge is -2.24. The second-order valence-corrected chi connectivity index (χ2v) is 8.94. The van der Waals surface area contributed by atoms with Crippen molar-refractivity contribution in [3.63, 3.8) is 0 Å². The topological polar surface area (TPSA) is 84.9 Å². The summed E-state index contributed by atoms with van der Waals surface area (Å²) in [6.07, 6.45) is 0. The maximum Gasteiger partial charge on any atom is 0.264 e. The summed E-state index contributed by atoms with van der Waals surface area (Å²) in [5.74, 6) is 0.496. The van der Waals surface area contributed by atoms with Gasteiger partial charge in [0.2, 0.25) is 5.91 Å². The molecule has 0 saturated heterocycles. The van der Waals surface area contributed by atoms with Crippen LogP contribution >= 0.6 is 11.6 Å². The number of hydrogen-bond donors (Lipinski definition) is 1. The van der Waals surface area contributed by atoms with Crippen molar-refractivity contribution in [1.82, 2.24) is 0 Å². The summed E-state index contributed by atoms with van der Waals surface area (Å²) >= 11 is 5.97. The van der Waals surface area contributed by atoms with Crippen molar-refractivity contribution < 1.29 is 22.7 Å². The molecule has 0 heterocycles. The van der Waals surface area contributed by atoms with Gasteiger partial charge in [-0.05, 0) is 67.6 Å². The molecule has 9 heteroatoms. The smallest absolute Gasteiger partial charge is 0.264 e. The molecule has 0 aliphatic heterocycles. The van der Waals surface area contributed by atoms with Crippen LogP contribution in [0.25, 0.3) is 0 Å². The molecule has 0 aliphatic carbocycles. The number of ether oxygens (including phenoxy) is 2. The summed E-state index contributed by atoms with van der Waals surface area (Å²) in [6.45, 7) is 1.81. The minimum atomic E-state index is -4.06. The molecule has 0 atom stereocenters. The summed E-state index contributed by atoms with van der Waals surface area (Å²) in [5.41, 5.74) is 0.760. The number of sulfonamides is 1. The molecule has 0 bridgehead atoms. The Morgan fingerprint density at radius 3 is 2.28 bits per heavy atom. The Kier molecular flexibility index (Phi) is 7.61. The van der Waals surface area contributed by atoms with Crippen molar-refractivity contribution in [2.24, 2.45) is 0 Å². The number of hydrogen-bond acceptors (Lipinski definition) is 5. The van der Waals surface area contributed by atoms with Crippen molar-refractivity contribution >= 4 is 38.9 Å². The number of anilines is 2. The zero-order valence-corrected chi connectivity index (χ0v) is 19.2. The van der Waals surface area contributed by atoms with Gasteiger partial charge in [-0.2, -0.15) is 0 Å². The average Bonchev–Trinajstić information content (AvgIpc) is 2.79. The number of rotatable bonds is 9. The summed E-state index contributed by atoms with van der Waals surface area (Å²) in [4.78, 5) is 12.9. The van der Waals surface area contributed by atoms with Crippen molar-refractivity contribution in [3.05, 3.63) is 77.8 Å². The average molecular weight is 475 g/mol. The van der Waals surface area contributed by atoms with Gasteiger partial charge in [0.25, 0.3) is 10.0 Å². The van der Waals surface area contributed by atoms with Crippen molar-refractivity contribution in [1.29, 1.82) is 0 Å². The van der Waals surface area contributed by atoms with E-state index in [4.69, 9.17) is 21.1 Å². The predicted octanol–water partition coefficient (Wildman–Crippen LogP) is 4.58. The Bertz CT molecular complexity index is 1170. The maximum absolute atomic E-state index is 13.4. The van der Waals surface area contributed by atoms with Crippen LogP contribution in [0.15, 0.2) is 77.7 Å². The predicted molar refractivity (Wildman–Crippen MR) is 125 cm³/mol. The Morgan fingerprint density at radius 1 is 1.00 bits per heavy atom. The molecule has 7 nitrogen and oxygen atoms in total. The first kappa shape index (κ1) is 23.4. The highest BCUT2D eigenvalue weighted by Gasteiger charge is 2.27. The number of carbonyl (C=O) groups is 1. The lowest BCUT2D eigenvalue weighted by Crippen LogP contribution is -2.38. The van der Waals surface area contributed by atoms with Crippen LogP contribution in [0, 0.1) is 0 Å². The van der Waals surface area contributed by atoms with Gasteiger partial charge in [-0.3, -0.25) is 9.10 Å². The monoisotopic (exact) mass is 474 g/mol. The molecule has 0 spiro atoms. The maximum atomic E-state index is 13.4. The van der Waals surface area contributed by atoms with E-state index in [-0.39, 0.29) is 4.90 Å². The highest BCUT2D eigenvalue weighted by molar-refractivity contribution is 7.92. The fourth-order valence-electron chi connectivity index (χ4n) is 2.97. The van der Waals surface area contributed by atoms with E-state index in [0.29, 0.717) is 34.5 Å². The van der Waals surface area contributed by atoms with Gasteiger partial charge in [0.05, 0.1) is 30.0 Å². The van der Waals surface area contributed by atoms with E-state index in [1.54, 1.807) is 60.7 Å². The number of methoxy groups -OCH3 is 1. The van der Waals surface area contributed by atoms with E-state index in [0.717, 1.165) is 4.31 Å². The van der Waals surface area contributed by atoms with E-state index >= 15 is 0 Å². The third kappa shape index (κ3) is 5.52. The molecule has 0 radical (unpaired) electrons. The quantitative estimate of drug-likeness (QED) is 0.490. The van der Waals surface area contributed by atoms with Crippen LogP contribution in [0.1, 0.15) is 6.92 Å². The first-order valence-electron chi connectivity index (χ1n) is 9.79. The van der Waals surface area contributed by atoms with E-state index in [2.05, 4.69) is 5.32 Å². The third-order valence-electron chi connectivity index (χ3n) is 4.51. The molecule has 1 amide bonds. The minimum Gasteiger partial charge on any atom is -0.497 e. The third-order valence-corrected chi connectivity index (χ3v) is 6.55. The molecule has 1 N–H and O–H groups in total. The van der Waals surface area contributed by atoms with Crippen LogP contribution in [0.2, 0.25) is 5.02 Å². The van der Waals surface area contributed by atoms with Crippen molar-refractivity contribution in [3.8, 4) is 11.5 Å². The molecule has 32 heavy (non-hydrogen) atoms. The van der Waals surface area contributed by atoms with E-state index in [9.17, 15) is 13.2 Å². The molecule has 0 unspecified atom stereocenters. The first-order chi connectivity index (χ1) is 15.3. The number of carbonyl (C=O) groups excluding carboxylic acids is 1. The molecule has 3 rings (SSSR count). The van der Waals surface area contributed by atoms with E-state index in [1.165, 1.54) is 19.2 Å². The van der Waals surface area contributed by atoms with Crippen LogP contribution in [-0.2, 0) is 14.8 Å². The number of halogens is 1. The van der Waals surface area contributed by atoms with Gasteiger partial charge in [0.1, 0.15) is 18.0 Å². The van der Waals surface area contributed by atoms with Crippen LogP contribution in [0.4, 0.5) is 11.4 Å². The zero-order valence-electron chi connectivity index (χ0n) is 17.6. The van der Waals surface area contributed by atoms with Crippen molar-refractivity contribution in [2.75, 3.05) is 29.9 Å². The number of amides is 1. The lowest BCUT2D eigenvalue weighted by molar-refractivity contribution is -0.114. The van der Waals surface area contributed by atoms with Crippen LogP contribution in [0.3, 0.4) is 0 Å². The molecule has 0 aromatic heterocycles. The molecule has 3 aromatic rings. The van der Waals surface area contributed by atoms with Gasteiger partial charge in [-0.15, -0.1) is 0 Å². The molecular formula is C23H23ClN2O5S. The number of nitrogens with one attached hydrogen (secondary N) is 1. The molecule has 0 saturated carbocycles. The summed E-state index contributed by atoms with van der Waals surface area (Å²) < 4.78 is 38.5. The normalized spacial score (nSPS) is 11.0. The zero-order chi connectivity index (χ0) is 23.1. The molecular weight excluding hydrogens is 452 g/mol. The highest BCUT2D eigenvalue weighted by Crippen LogP contribution is 2.27. The number of nitrogens with zero attached hydrogens (tertiary/aromatic N) is 1. The molecule has 168 valence electrons. The second-order valence-electron chi connectivity index (χ2n) is 6.64. The first-order valence-corrected chi connectivity index (χ1v) is 11.6. The van der Waals surface area contributed by atoms with Gasteiger partial charge in [-0.1, -0.05) is 23.7 Å². The van der Waals surface area contributed by atoms with E-state index < -0.39 is 22.5 Å². The standard InChI is InChI=1S/C23H23ClN2O5S/c1-3-31-22-7-5-4-6-21(22)25-23(27)16-26(18-10-8-17(24)9-11-18)32(28,29)20-14-12-19(30-2)13-15-20/h4-15H,3,16H2,1-2H3,(H,25,27). The van der Waals surface area contributed by atoms with Crippen molar-refractivity contribution in [2.45, 2.75) is 11.8 Å². The Morgan fingerprint density at radius 2 is 1.66 bits per heavy atom. The Balaban J connectivity index is 1.93. The SMILES string of the molecule is CCOc1ccccc1NC(=O)CN(c1ccc(Cl)cc1)S(=O)(=O)c1ccc(OC)cc1. The highest BCUT2D eigenvalue weighted by atomic mass is 35.5. The summed E-state index contributed by atoms with van der Waals surface area (Å²) in [6, 6.07) is 19.1. The molecule has 3 aromatic carbocycles. The second kappa shape index (κ2) is 10.4. The fourth-order valence-corrected chi connectivity index (χ4v) is 4.52. The van der Waals surface area contributed by atoms with Gasteiger partial charge < -0.3 is 14.8 Å². The molecule has 0 fully saturated rings. The van der Waals surface area contributed by atoms with Gasteiger partial charge >= 0.3 is 0 Å². The van der Waals surface area contributed by atoms with Gasteiger partial charge in [0.15, 0.2) is 0 Å².